The van der Waals surface area contributed by atoms with Gasteiger partial charge < -0.3 is 4.90 Å². The third-order valence-electron chi connectivity index (χ3n) is 4.55. The number of nitrogens with zero attached hydrogens (tertiary/aromatic N) is 3. The Hall–Kier alpha value is -1.88. The van der Waals surface area contributed by atoms with E-state index in [4.69, 9.17) is 0 Å². The molecule has 0 amide bonds. The lowest BCUT2D eigenvalue weighted by atomic mass is 9.97. The van der Waals surface area contributed by atoms with Gasteiger partial charge in [-0.25, -0.2) is 4.79 Å². The average Bonchev–Trinajstić information content (AvgIpc) is 2.96. The summed E-state index contributed by atoms with van der Waals surface area (Å²) in [6.07, 6.45) is 3.49. The molecule has 1 aliphatic heterocycles. The van der Waals surface area contributed by atoms with Gasteiger partial charge in [-0.1, -0.05) is 32.0 Å². The van der Waals surface area contributed by atoms with Gasteiger partial charge in [-0.3, -0.25) is 4.98 Å². The zero-order valence-electron chi connectivity index (χ0n) is 14.0. The van der Waals surface area contributed by atoms with E-state index in [1.807, 2.05) is 30.3 Å². The van der Waals surface area contributed by atoms with Crippen LogP contribution in [0.15, 0.2) is 35.1 Å². The van der Waals surface area contributed by atoms with Crippen LogP contribution in [0.25, 0.3) is 5.69 Å². The predicted molar refractivity (Wildman–Crippen MR) is 92.1 cm³/mol. The maximum atomic E-state index is 12.2. The van der Waals surface area contributed by atoms with Crippen LogP contribution in [0.5, 0.6) is 0 Å². The smallest absolute Gasteiger partial charge is 0.303 e. The van der Waals surface area contributed by atoms with Crippen molar-refractivity contribution in [2.45, 2.75) is 39.0 Å². The van der Waals surface area contributed by atoms with E-state index in [9.17, 15) is 4.79 Å². The number of aromatic amines is 1. The zero-order valence-corrected chi connectivity index (χ0v) is 14.0. The van der Waals surface area contributed by atoms with Gasteiger partial charge in [0.2, 0.25) is 0 Å². The minimum atomic E-state index is -0.148. The highest BCUT2D eigenvalue weighted by Gasteiger charge is 2.24. The lowest BCUT2D eigenvalue weighted by Gasteiger charge is -2.31. The molecule has 0 bridgehead atoms. The molecule has 0 saturated carbocycles. The normalized spacial score (nSPS) is 19.3. The molecule has 0 radical (unpaired) electrons. The molecule has 1 aromatic carbocycles. The van der Waals surface area contributed by atoms with Crippen LogP contribution < -0.4 is 5.69 Å². The fraction of sp³-hybridized carbons (Fsp3) is 0.556. The number of likely N-dealkylation sites (tertiary alicyclic amines) is 1. The summed E-state index contributed by atoms with van der Waals surface area (Å²) in [7, 11) is 0. The molecule has 0 spiro atoms. The van der Waals surface area contributed by atoms with Crippen molar-refractivity contribution >= 4 is 0 Å². The van der Waals surface area contributed by atoms with E-state index in [2.05, 4.69) is 28.8 Å². The molecule has 1 N–H and O–H groups in total. The Morgan fingerprint density at radius 2 is 2.09 bits per heavy atom. The van der Waals surface area contributed by atoms with Crippen LogP contribution in [0, 0.1) is 5.92 Å². The molecule has 1 fully saturated rings. The molecule has 2 heterocycles. The van der Waals surface area contributed by atoms with E-state index in [1.54, 1.807) is 0 Å². The quantitative estimate of drug-likeness (QED) is 0.923. The summed E-state index contributed by atoms with van der Waals surface area (Å²) in [5.74, 6) is 1.88. The van der Waals surface area contributed by atoms with Gasteiger partial charge in [0, 0.05) is 12.5 Å². The Morgan fingerprint density at radius 1 is 1.30 bits per heavy atom. The Labute approximate surface area is 137 Å². The Kier molecular flexibility index (Phi) is 4.96. The Balaban J connectivity index is 1.73. The summed E-state index contributed by atoms with van der Waals surface area (Å²) in [6.45, 7) is 7.82. The summed E-state index contributed by atoms with van der Waals surface area (Å²) >= 11 is 0. The number of para-hydroxylation sites is 1. The van der Waals surface area contributed by atoms with Gasteiger partial charge in [0.1, 0.15) is 5.82 Å². The lowest BCUT2D eigenvalue weighted by Crippen LogP contribution is -2.36. The second-order valence-corrected chi connectivity index (χ2v) is 6.89. The van der Waals surface area contributed by atoms with Gasteiger partial charge in [-0.15, -0.1) is 5.10 Å². The maximum Gasteiger partial charge on any atom is 0.348 e. The van der Waals surface area contributed by atoms with Crippen LogP contribution in [0.1, 0.15) is 44.9 Å². The van der Waals surface area contributed by atoms with E-state index in [0.29, 0.717) is 5.92 Å². The first-order valence-electron chi connectivity index (χ1n) is 8.60. The number of H-pyrrole nitrogens is 1. The maximum absolute atomic E-state index is 12.2. The first-order chi connectivity index (χ1) is 11.1. The number of nitrogens with one attached hydrogen (secondary N) is 1. The molecule has 5 nitrogen and oxygen atoms in total. The fourth-order valence-corrected chi connectivity index (χ4v) is 3.19. The minimum Gasteiger partial charge on any atom is -0.303 e. The summed E-state index contributed by atoms with van der Waals surface area (Å²) in [5, 5.41) is 4.56. The van der Waals surface area contributed by atoms with Gasteiger partial charge in [0.05, 0.1) is 5.69 Å². The standard InChI is InChI=1S/C18H26N4O/c1-14(2)10-12-21-11-6-7-15(13-21)17-19-18(23)22(20-17)16-8-4-3-5-9-16/h3-5,8-9,14-15H,6-7,10-13H2,1-2H3,(H,19,20,23). The summed E-state index contributed by atoms with van der Waals surface area (Å²) < 4.78 is 1.47. The van der Waals surface area contributed by atoms with Crippen molar-refractivity contribution in [2.75, 3.05) is 19.6 Å². The third-order valence-corrected chi connectivity index (χ3v) is 4.55. The summed E-state index contributed by atoms with van der Waals surface area (Å²) in [6, 6.07) is 9.59. The molecule has 1 aromatic heterocycles. The minimum absolute atomic E-state index is 0.148. The Morgan fingerprint density at radius 3 is 2.83 bits per heavy atom. The van der Waals surface area contributed by atoms with E-state index >= 15 is 0 Å². The van der Waals surface area contributed by atoms with Crippen molar-refractivity contribution in [1.29, 1.82) is 0 Å². The van der Waals surface area contributed by atoms with Crippen LogP contribution in [0.4, 0.5) is 0 Å². The third kappa shape index (κ3) is 3.91. The van der Waals surface area contributed by atoms with Gasteiger partial charge in [-0.2, -0.15) is 4.68 Å². The van der Waals surface area contributed by atoms with Gasteiger partial charge in [0.25, 0.3) is 0 Å². The van der Waals surface area contributed by atoms with Crippen molar-refractivity contribution in [2.24, 2.45) is 5.92 Å². The van der Waals surface area contributed by atoms with Crippen molar-refractivity contribution in [3.05, 3.63) is 46.6 Å². The van der Waals surface area contributed by atoms with E-state index in [0.717, 1.165) is 43.5 Å². The second-order valence-electron chi connectivity index (χ2n) is 6.89. The monoisotopic (exact) mass is 314 g/mol. The summed E-state index contributed by atoms with van der Waals surface area (Å²) in [4.78, 5) is 17.7. The number of aromatic nitrogens is 3. The number of hydrogen-bond donors (Lipinski definition) is 1. The molecule has 1 aliphatic rings. The largest absolute Gasteiger partial charge is 0.348 e. The molecular weight excluding hydrogens is 288 g/mol. The van der Waals surface area contributed by atoms with Crippen LogP contribution in [-0.4, -0.2) is 39.3 Å². The molecule has 0 aliphatic carbocycles. The topological polar surface area (TPSA) is 53.9 Å². The highest BCUT2D eigenvalue weighted by molar-refractivity contribution is 5.29. The highest BCUT2D eigenvalue weighted by atomic mass is 16.1. The van der Waals surface area contributed by atoms with Crippen molar-refractivity contribution < 1.29 is 0 Å². The van der Waals surface area contributed by atoms with Crippen LogP contribution in [0.2, 0.25) is 0 Å². The summed E-state index contributed by atoms with van der Waals surface area (Å²) in [5.41, 5.74) is 0.665. The van der Waals surface area contributed by atoms with Crippen molar-refractivity contribution in [3.63, 3.8) is 0 Å². The SMILES string of the molecule is CC(C)CCN1CCCC(c2nn(-c3ccccc3)c(=O)[nH]2)C1. The van der Waals surface area contributed by atoms with Gasteiger partial charge >= 0.3 is 5.69 Å². The molecule has 1 unspecified atom stereocenters. The van der Waals surface area contributed by atoms with E-state index in [-0.39, 0.29) is 5.69 Å². The fourth-order valence-electron chi connectivity index (χ4n) is 3.19. The highest BCUT2D eigenvalue weighted by Crippen LogP contribution is 2.24. The van der Waals surface area contributed by atoms with Crippen molar-refractivity contribution in [1.82, 2.24) is 19.7 Å². The Bertz CT molecular complexity index is 674. The lowest BCUT2D eigenvalue weighted by molar-refractivity contribution is 0.195. The van der Waals surface area contributed by atoms with Gasteiger partial charge in [-0.05, 0) is 50.4 Å². The molecule has 1 atom stereocenters. The van der Waals surface area contributed by atoms with Crippen LogP contribution in [-0.2, 0) is 0 Å². The van der Waals surface area contributed by atoms with Gasteiger partial charge in [0.15, 0.2) is 0 Å². The van der Waals surface area contributed by atoms with Crippen LogP contribution in [0.3, 0.4) is 0 Å². The first-order valence-corrected chi connectivity index (χ1v) is 8.60. The van der Waals surface area contributed by atoms with E-state index in [1.165, 1.54) is 17.5 Å². The molecule has 3 rings (SSSR count). The molecule has 124 valence electrons. The molecule has 1 saturated heterocycles. The predicted octanol–water partition coefficient (Wildman–Crippen LogP) is 2.79. The number of benzene rings is 1. The molecule has 2 aromatic rings. The average molecular weight is 314 g/mol. The number of piperidine rings is 1. The number of rotatable bonds is 5. The second kappa shape index (κ2) is 7.13. The molecule has 23 heavy (non-hydrogen) atoms. The first kappa shape index (κ1) is 16.0. The molecule has 5 heteroatoms. The molecular formula is C18H26N4O. The van der Waals surface area contributed by atoms with Crippen molar-refractivity contribution in [3.8, 4) is 5.69 Å². The zero-order chi connectivity index (χ0) is 16.2. The van der Waals surface area contributed by atoms with E-state index < -0.39 is 0 Å². The van der Waals surface area contributed by atoms with Crippen LogP contribution >= 0.6 is 0 Å². The number of hydrogen-bond acceptors (Lipinski definition) is 3.